The van der Waals surface area contributed by atoms with Gasteiger partial charge in [0.05, 0.1) is 17.6 Å². The fraction of sp³-hybridized carbons (Fsp3) is 0.353. The molecule has 19 heavy (non-hydrogen) atoms. The zero-order chi connectivity index (χ0) is 13.8. The molecule has 2 aromatic rings. The Morgan fingerprint density at radius 2 is 1.84 bits per heavy atom. The predicted molar refractivity (Wildman–Crippen MR) is 82.6 cm³/mol. The molecule has 1 unspecified atom stereocenters. The smallest absolute Gasteiger partial charge is 0.0630 e. The van der Waals surface area contributed by atoms with Crippen molar-refractivity contribution in [2.75, 3.05) is 0 Å². The predicted octanol–water partition coefficient (Wildman–Crippen LogP) is 4.60. The van der Waals surface area contributed by atoms with E-state index in [1.165, 1.54) is 17.7 Å². The summed E-state index contributed by atoms with van der Waals surface area (Å²) < 4.78 is 2.14. The van der Waals surface area contributed by atoms with Crippen LogP contribution in [0, 0.1) is 6.92 Å². The van der Waals surface area contributed by atoms with Crippen LogP contribution < -0.4 is 0 Å². The Balaban J connectivity index is 2.13. The van der Waals surface area contributed by atoms with Crippen LogP contribution in [0.5, 0.6) is 0 Å². The van der Waals surface area contributed by atoms with Gasteiger partial charge in [0.25, 0.3) is 0 Å². The summed E-state index contributed by atoms with van der Waals surface area (Å²) in [5, 5.41) is 0. The van der Waals surface area contributed by atoms with Crippen LogP contribution in [0.25, 0.3) is 0 Å². The van der Waals surface area contributed by atoms with E-state index in [0.717, 1.165) is 11.4 Å². The molecule has 0 aliphatic heterocycles. The first-order valence-corrected chi connectivity index (χ1v) is 6.88. The standard InChI is InChI=1S/C17H22N2/c1-5-13(2)15-7-9-16(10-8-15)18-12-17-11-6-14(3)19(17)4/h6-13H,5H2,1-4H3. The van der Waals surface area contributed by atoms with Crippen LogP contribution in [0.1, 0.15) is 43.1 Å². The summed E-state index contributed by atoms with van der Waals surface area (Å²) in [5.41, 5.74) is 4.76. The van der Waals surface area contributed by atoms with Crippen LogP contribution in [0.4, 0.5) is 5.69 Å². The average molecular weight is 254 g/mol. The Hall–Kier alpha value is -1.83. The highest BCUT2D eigenvalue weighted by molar-refractivity contribution is 5.80. The van der Waals surface area contributed by atoms with E-state index in [4.69, 9.17) is 0 Å². The summed E-state index contributed by atoms with van der Waals surface area (Å²) >= 11 is 0. The molecule has 0 spiro atoms. The Bertz CT molecular complexity index is 561. The van der Waals surface area contributed by atoms with Crippen molar-refractivity contribution in [1.29, 1.82) is 0 Å². The van der Waals surface area contributed by atoms with Crippen molar-refractivity contribution in [3.63, 3.8) is 0 Å². The number of aliphatic imine (C=N–C) groups is 1. The van der Waals surface area contributed by atoms with E-state index in [-0.39, 0.29) is 0 Å². The van der Waals surface area contributed by atoms with Crippen LogP contribution in [-0.2, 0) is 7.05 Å². The van der Waals surface area contributed by atoms with Crippen molar-refractivity contribution >= 4 is 11.9 Å². The normalized spacial score (nSPS) is 13.1. The second kappa shape index (κ2) is 5.87. The molecule has 1 aromatic carbocycles. The molecule has 0 N–H and O–H groups in total. The van der Waals surface area contributed by atoms with E-state index < -0.39 is 0 Å². The van der Waals surface area contributed by atoms with Crippen molar-refractivity contribution in [3.05, 3.63) is 53.3 Å². The van der Waals surface area contributed by atoms with Crippen LogP contribution in [0.2, 0.25) is 0 Å². The van der Waals surface area contributed by atoms with Gasteiger partial charge in [-0.15, -0.1) is 0 Å². The Kier molecular flexibility index (Phi) is 4.20. The van der Waals surface area contributed by atoms with Crippen molar-refractivity contribution < 1.29 is 0 Å². The molecule has 2 heteroatoms. The molecule has 2 rings (SSSR count). The minimum atomic E-state index is 0.619. The highest BCUT2D eigenvalue weighted by Gasteiger charge is 2.02. The molecule has 0 saturated heterocycles. The molecule has 100 valence electrons. The van der Waals surface area contributed by atoms with E-state index >= 15 is 0 Å². The van der Waals surface area contributed by atoms with Gasteiger partial charge in [0.1, 0.15) is 0 Å². The lowest BCUT2D eigenvalue weighted by Crippen LogP contribution is -1.96. The van der Waals surface area contributed by atoms with E-state index in [9.17, 15) is 0 Å². The third-order valence-corrected chi connectivity index (χ3v) is 3.83. The first kappa shape index (κ1) is 13.6. The third kappa shape index (κ3) is 3.14. The lowest BCUT2D eigenvalue weighted by atomic mass is 9.99. The van der Waals surface area contributed by atoms with Gasteiger partial charge in [0.15, 0.2) is 0 Å². The maximum atomic E-state index is 4.53. The first-order valence-electron chi connectivity index (χ1n) is 6.88. The van der Waals surface area contributed by atoms with E-state index in [1.807, 2.05) is 6.21 Å². The van der Waals surface area contributed by atoms with Crippen molar-refractivity contribution in [3.8, 4) is 0 Å². The lowest BCUT2D eigenvalue weighted by molar-refractivity contribution is 0.734. The average Bonchev–Trinajstić information content (AvgIpc) is 2.76. The van der Waals surface area contributed by atoms with Gasteiger partial charge in [-0.2, -0.15) is 0 Å². The molecule has 0 aliphatic rings. The summed E-state index contributed by atoms with van der Waals surface area (Å²) in [6.07, 6.45) is 3.09. The minimum absolute atomic E-state index is 0.619. The third-order valence-electron chi connectivity index (χ3n) is 3.83. The van der Waals surface area contributed by atoms with Crippen LogP contribution in [0.3, 0.4) is 0 Å². The maximum absolute atomic E-state index is 4.53. The summed E-state index contributed by atoms with van der Waals surface area (Å²) in [6, 6.07) is 12.7. The maximum Gasteiger partial charge on any atom is 0.0630 e. The largest absolute Gasteiger partial charge is 0.347 e. The zero-order valence-corrected chi connectivity index (χ0v) is 12.2. The minimum Gasteiger partial charge on any atom is -0.347 e. The van der Waals surface area contributed by atoms with Gasteiger partial charge >= 0.3 is 0 Å². The highest BCUT2D eigenvalue weighted by atomic mass is 15.0. The van der Waals surface area contributed by atoms with Gasteiger partial charge in [-0.25, -0.2) is 0 Å². The lowest BCUT2D eigenvalue weighted by Gasteiger charge is -2.08. The summed E-state index contributed by atoms with van der Waals surface area (Å²) in [4.78, 5) is 4.53. The molecule has 1 aromatic heterocycles. The molecular formula is C17H22N2. The molecular weight excluding hydrogens is 232 g/mol. The summed E-state index contributed by atoms with van der Waals surface area (Å²) in [5.74, 6) is 0.619. The van der Waals surface area contributed by atoms with E-state index in [1.54, 1.807) is 0 Å². The Morgan fingerprint density at radius 3 is 2.37 bits per heavy atom. The summed E-state index contributed by atoms with van der Waals surface area (Å²) in [7, 11) is 2.06. The zero-order valence-electron chi connectivity index (χ0n) is 12.2. The number of hydrogen-bond acceptors (Lipinski definition) is 1. The molecule has 1 atom stereocenters. The van der Waals surface area contributed by atoms with E-state index in [2.05, 4.69) is 73.8 Å². The molecule has 0 amide bonds. The molecule has 1 heterocycles. The molecule has 2 nitrogen and oxygen atoms in total. The van der Waals surface area contributed by atoms with Gasteiger partial charge in [0.2, 0.25) is 0 Å². The molecule has 0 bridgehead atoms. The number of aryl methyl sites for hydroxylation is 1. The number of benzene rings is 1. The van der Waals surface area contributed by atoms with Crippen molar-refractivity contribution in [1.82, 2.24) is 4.57 Å². The number of hydrogen-bond donors (Lipinski definition) is 0. The summed E-state index contributed by atoms with van der Waals surface area (Å²) in [6.45, 7) is 6.57. The van der Waals surface area contributed by atoms with Crippen molar-refractivity contribution in [2.45, 2.75) is 33.1 Å². The highest BCUT2D eigenvalue weighted by Crippen LogP contribution is 2.21. The Labute approximate surface area is 115 Å². The van der Waals surface area contributed by atoms with Gasteiger partial charge in [0, 0.05) is 12.7 Å². The van der Waals surface area contributed by atoms with Crippen LogP contribution in [0.15, 0.2) is 41.4 Å². The van der Waals surface area contributed by atoms with E-state index in [0.29, 0.717) is 5.92 Å². The molecule has 0 fully saturated rings. The number of rotatable bonds is 4. The van der Waals surface area contributed by atoms with Crippen LogP contribution >= 0.6 is 0 Å². The van der Waals surface area contributed by atoms with Gasteiger partial charge in [-0.3, -0.25) is 4.99 Å². The first-order chi connectivity index (χ1) is 9.11. The van der Waals surface area contributed by atoms with Crippen LogP contribution in [-0.4, -0.2) is 10.8 Å². The van der Waals surface area contributed by atoms with Gasteiger partial charge in [-0.05, 0) is 49.1 Å². The monoisotopic (exact) mass is 254 g/mol. The Morgan fingerprint density at radius 1 is 1.16 bits per heavy atom. The van der Waals surface area contributed by atoms with Gasteiger partial charge in [-0.1, -0.05) is 26.0 Å². The second-order valence-corrected chi connectivity index (χ2v) is 5.12. The number of nitrogens with zero attached hydrogens (tertiary/aromatic N) is 2. The SMILES string of the molecule is CCC(C)c1ccc(N=Cc2ccc(C)n2C)cc1. The molecule has 0 saturated carbocycles. The second-order valence-electron chi connectivity index (χ2n) is 5.12. The van der Waals surface area contributed by atoms with Gasteiger partial charge < -0.3 is 4.57 Å². The fourth-order valence-electron chi connectivity index (χ4n) is 2.03. The molecule has 0 aliphatic carbocycles. The molecule has 0 radical (unpaired) electrons. The number of aromatic nitrogens is 1. The quantitative estimate of drug-likeness (QED) is 0.710. The topological polar surface area (TPSA) is 17.3 Å². The van der Waals surface area contributed by atoms with Crippen molar-refractivity contribution in [2.24, 2.45) is 12.0 Å². The fourth-order valence-corrected chi connectivity index (χ4v) is 2.03.